The summed E-state index contributed by atoms with van der Waals surface area (Å²) in [4.78, 5) is 20.0. The molecule has 2 rings (SSSR count). The number of amidine groups is 1. The molecule has 0 amide bonds. The van der Waals surface area contributed by atoms with E-state index in [0.717, 1.165) is 0 Å². The Morgan fingerprint density at radius 1 is 1.41 bits per heavy atom. The number of imidazole rings is 1. The van der Waals surface area contributed by atoms with Crippen molar-refractivity contribution in [2.75, 3.05) is 7.11 Å². The van der Waals surface area contributed by atoms with Gasteiger partial charge < -0.3 is 15.5 Å². The first-order valence-electron chi connectivity index (χ1n) is 6.62. The molecule has 0 aliphatic rings. The van der Waals surface area contributed by atoms with Gasteiger partial charge in [-0.25, -0.2) is 15.0 Å². The molecule has 0 aliphatic heterocycles. The standard InChI is InChI=1S/C14H17ClN6O/c1-8(2)20-14(19-7-16)11-6-18-13(21-11)9-5-17-12(22-3)4-10(9)15/h4-8H,1-3H3,(H,18,21)(H2,16,19,20). The second-order valence-corrected chi connectivity index (χ2v) is 5.08. The normalized spacial score (nSPS) is 12.3. The number of pyridine rings is 1. The van der Waals surface area contributed by atoms with Gasteiger partial charge in [0.25, 0.3) is 0 Å². The Hall–Kier alpha value is -2.41. The van der Waals surface area contributed by atoms with Crippen LogP contribution in [0.15, 0.2) is 28.4 Å². The van der Waals surface area contributed by atoms with E-state index in [0.29, 0.717) is 33.8 Å². The number of nitrogens with zero attached hydrogens (tertiary/aromatic N) is 4. The zero-order valence-electron chi connectivity index (χ0n) is 12.5. The number of aromatic amines is 1. The van der Waals surface area contributed by atoms with Crippen LogP contribution >= 0.6 is 11.6 Å². The third kappa shape index (κ3) is 3.62. The van der Waals surface area contributed by atoms with Crippen LogP contribution in [0.4, 0.5) is 0 Å². The van der Waals surface area contributed by atoms with E-state index < -0.39 is 0 Å². The number of aromatic nitrogens is 3. The van der Waals surface area contributed by atoms with Gasteiger partial charge in [-0.05, 0) is 13.8 Å². The van der Waals surface area contributed by atoms with E-state index in [1.165, 1.54) is 13.4 Å². The Bertz CT molecular complexity index is 707. The van der Waals surface area contributed by atoms with Crippen LogP contribution in [0.25, 0.3) is 11.4 Å². The van der Waals surface area contributed by atoms with Crippen LogP contribution in [-0.2, 0) is 0 Å². The molecule has 22 heavy (non-hydrogen) atoms. The van der Waals surface area contributed by atoms with Crippen LogP contribution in [-0.4, -0.2) is 40.3 Å². The van der Waals surface area contributed by atoms with Crippen LogP contribution in [0.1, 0.15) is 19.5 Å². The van der Waals surface area contributed by atoms with E-state index >= 15 is 0 Å². The molecular formula is C14H17ClN6O. The van der Waals surface area contributed by atoms with Crippen LogP contribution in [0.5, 0.6) is 5.88 Å². The summed E-state index contributed by atoms with van der Waals surface area (Å²) in [6.45, 7) is 3.90. The highest BCUT2D eigenvalue weighted by molar-refractivity contribution is 6.33. The van der Waals surface area contributed by atoms with Crippen molar-refractivity contribution in [3.05, 3.63) is 29.2 Å². The summed E-state index contributed by atoms with van der Waals surface area (Å²) in [5, 5.41) is 0.484. The number of rotatable bonds is 4. The lowest BCUT2D eigenvalue weighted by Crippen LogP contribution is -2.05. The Morgan fingerprint density at radius 2 is 2.18 bits per heavy atom. The number of nitrogens with two attached hydrogens (primary N) is 1. The molecule has 0 aliphatic carbocycles. The molecule has 7 nitrogen and oxygen atoms in total. The predicted molar refractivity (Wildman–Crippen MR) is 87.7 cm³/mol. The van der Waals surface area contributed by atoms with Gasteiger partial charge in [0.15, 0.2) is 5.84 Å². The number of methoxy groups -OCH3 is 1. The van der Waals surface area contributed by atoms with Gasteiger partial charge >= 0.3 is 0 Å². The largest absolute Gasteiger partial charge is 0.481 e. The lowest BCUT2D eigenvalue weighted by atomic mass is 10.2. The van der Waals surface area contributed by atoms with Crippen LogP contribution in [0.3, 0.4) is 0 Å². The lowest BCUT2D eigenvalue weighted by molar-refractivity contribution is 0.398. The number of hydrogen-bond donors (Lipinski definition) is 2. The third-order valence-electron chi connectivity index (χ3n) is 2.69. The smallest absolute Gasteiger partial charge is 0.214 e. The minimum Gasteiger partial charge on any atom is -0.481 e. The second kappa shape index (κ2) is 7.04. The number of halogens is 1. The predicted octanol–water partition coefficient (Wildman–Crippen LogP) is 2.28. The zero-order valence-corrected chi connectivity index (χ0v) is 13.3. The fourth-order valence-corrected chi connectivity index (χ4v) is 1.99. The minimum absolute atomic E-state index is 0.0803. The van der Waals surface area contributed by atoms with Gasteiger partial charge in [-0.15, -0.1) is 0 Å². The number of nitrogens with one attached hydrogen (secondary N) is 1. The highest BCUT2D eigenvalue weighted by atomic mass is 35.5. The van der Waals surface area contributed by atoms with Crippen molar-refractivity contribution in [3.8, 4) is 17.3 Å². The summed E-state index contributed by atoms with van der Waals surface area (Å²) in [7, 11) is 1.53. The van der Waals surface area contributed by atoms with Gasteiger partial charge in [-0.2, -0.15) is 0 Å². The van der Waals surface area contributed by atoms with Gasteiger partial charge in [0.05, 0.1) is 30.2 Å². The average Bonchev–Trinajstić information content (AvgIpc) is 2.95. The highest BCUT2D eigenvalue weighted by Crippen LogP contribution is 2.27. The molecule has 2 heterocycles. The number of H-pyrrole nitrogens is 1. The molecular weight excluding hydrogens is 304 g/mol. The van der Waals surface area contributed by atoms with E-state index in [1.807, 2.05) is 13.8 Å². The Balaban J connectivity index is 2.39. The summed E-state index contributed by atoms with van der Waals surface area (Å²) in [5.41, 5.74) is 6.68. The van der Waals surface area contributed by atoms with Gasteiger partial charge in [0.2, 0.25) is 5.88 Å². The van der Waals surface area contributed by atoms with Crippen LogP contribution in [0, 0.1) is 0 Å². The van der Waals surface area contributed by atoms with Gasteiger partial charge in [-0.3, -0.25) is 4.99 Å². The SMILES string of the molecule is COc1cc(Cl)c(-c2ncc(C(N=CN)=NC(C)C)[nH]2)cn1. The molecule has 0 radical (unpaired) electrons. The van der Waals surface area contributed by atoms with Crippen LogP contribution in [0.2, 0.25) is 5.02 Å². The van der Waals surface area contributed by atoms with E-state index in [9.17, 15) is 0 Å². The molecule has 116 valence electrons. The fraction of sp³-hybridized carbons (Fsp3) is 0.286. The first-order chi connectivity index (χ1) is 10.5. The molecule has 0 fully saturated rings. The maximum atomic E-state index is 6.22. The summed E-state index contributed by atoms with van der Waals surface area (Å²) in [6.07, 6.45) is 4.42. The molecule has 0 atom stereocenters. The topological polar surface area (TPSA) is 102 Å². The Labute approximate surface area is 133 Å². The molecule has 0 saturated heterocycles. The first kappa shape index (κ1) is 16.0. The van der Waals surface area contributed by atoms with Crippen molar-refractivity contribution in [2.24, 2.45) is 15.7 Å². The van der Waals surface area contributed by atoms with Crippen molar-refractivity contribution in [3.63, 3.8) is 0 Å². The Morgan fingerprint density at radius 3 is 2.77 bits per heavy atom. The second-order valence-electron chi connectivity index (χ2n) is 4.68. The summed E-state index contributed by atoms with van der Waals surface area (Å²) < 4.78 is 5.03. The number of aliphatic imine (C=N–C) groups is 2. The average molecular weight is 321 g/mol. The molecule has 8 heteroatoms. The molecule has 3 N–H and O–H groups in total. The van der Waals surface area contributed by atoms with E-state index in [4.69, 9.17) is 22.1 Å². The minimum atomic E-state index is 0.0803. The third-order valence-corrected chi connectivity index (χ3v) is 3.00. The molecule has 0 saturated carbocycles. The van der Waals surface area contributed by atoms with Gasteiger partial charge in [-0.1, -0.05) is 11.6 Å². The van der Waals surface area contributed by atoms with Crippen molar-refractivity contribution >= 4 is 23.8 Å². The summed E-state index contributed by atoms with van der Waals surface area (Å²) in [5.74, 6) is 1.49. The first-order valence-corrected chi connectivity index (χ1v) is 7.00. The molecule has 0 spiro atoms. The van der Waals surface area contributed by atoms with Gasteiger partial charge in [0.1, 0.15) is 11.5 Å². The Kier molecular flexibility index (Phi) is 5.11. The summed E-state index contributed by atoms with van der Waals surface area (Å²) >= 11 is 6.22. The fourth-order valence-electron chi connectivity index (χ4n) is 1.76. The number of ether oxygens (including phenoxy) is 1. The zero-order chi connectivity index (χ0) is 16.1. The highest BCUT2D eigenvalue weighted by Gasteiger charge is 2.12. The maximum absolute atomic E-state index is 6.22. The molecule has 2 aromatic heterocycles. The molecule has 2 aromatic rings. The van der Waals surface area contributed by atoms with E-state index in [-0.39, 0.29) is 6.04 Å². The lowest BCUT2D eigenvalue weighted by Gasteiger charge is -2.03. The van der Waals surface area contributed by atoms with Crippen LogP contribution < -0.4 is 10.5 Å². The van der Waals surface area contributed by atoms with Crippen molar-refractivity contribution in [1.82, 2.24) is 15.0 Å². The molecule has 0 unspecified atom stereocenters. The van der Waals surface area contributed by atoms with Crippen molar-refractivity contribution < 1.29 is 4.74 Å². The monoisotopic (exact) mass is 320 g/mol. The number of hydrogen-bond acceptors (Lipinski definition) is 4. The van der Waals surface area contributed by atoms with Crippen molar-refractivity contribution in [1.29, 1.82) is 0 Å². The van der Waals surface area contributed by atoms with Gasteiger partial charge in [0, 0.05) is 18.3 Å². The quantitative estimate of drug-likeness (QED) is 0.666. The summed E-state index contributed by atoms with van der Waals surface area (Å²) in [6, 6.07) is 1.71. The maximum Gasteiger partial charge on any atom is 0.214 e. The van der Waals surface area contributed by atoms with E-state index in [2.05, 4.69) is 24.9 Å². The van der Waals surface area contributed by atoms with Crippen molar-refractivity contribution in [2.45, 2.75) is 19.9 Å². The van der Waals surface area contributed by atoms with E-state index in [1.54, 1.807) is 18.5 Å². The molecule has 0 bridgehead atoms. The molecule has 0 aromatic carbocycles.